The van der Waals surface area contributed by atoms with Crippen LogP contribution in [0.5, 0.6) is 5.75 Å². The molecule has 0 saturated carbocycles. The third kappa shape index (κ3) is 5.75. The fourth-order valence-corrected chi connectivity index (χ4v) is 5.02. The van der Waals surface area contributed by atoms with Crippen LogP contribution in [0.15, 0.2) is 90.0 Å². The molecule has 0 aliphatic rings. The van der Waals surface area contributed by atoms with E-state index in [0.29, 0.717) is 24.4 Å². The Morgan fingerprint density at radius 3 is 2.36 bits per heavy atom. The molecule has 172 valence electrons. The first-order chi connectivity index (χ1) is 16.1. The summed E-state index contributed by atoms with van der Waals surface area (Å²) in [7, 11) is -3.66. The lowest BCUT2D eigenvalue weighted by molar-refractivity contribution is 0.317. The summed E-state index contributed by atoms with van der Waals surface area (Å²) in [6, 6.07) is 23.4. The Labute approximate surface area is 199 Å². The maximum Gasteiger partial charge on any atom is 0.268 e. The van der Waals surface area contributed by atoms with Gasteiger partial charge in [-0.3, -0.25) is 0 Å². The van der Waals surface area contributed by atoms with E-state index in [4.69, 9.17) is 16.3 Å². The summed E-state index contributed by atoms with van der Waals surface area (Å²) in [5.74, 6) is 0.664. The number of fused-ring (bicyclic) bond motifs is 1. The lowest BCUT2D eigenvalue weighted by atomic mass is 10.2. The number of rotatable bonds is 11. The molecule has 3 aromatic carbocycles. The standard InChI is InChI=1S/C25H26ClN3O3S/c26-21-11-9-20(10-12-21)19-28-15-14-27-16-18-32-25-8-4-7-24-23(25)13-17-29(24)33(30,31)22-5-2-1-3-6-22/h1-13,17,27-28H,14-16,18-19H2. The van der Waals surface area contributed by atoms with Crippen molar-refractivity contribution in [3.8, 4) is 5.75 Å². The van der Waals surface area contributed by atoms with Crippen molar-refractivity contribution in [1.82, 2.24) is 14.6 Å². The molecule has 0 radical (unpaired) electrons. The predicted molar refractivity (Wildman–Crippen MR) is 132 cm³/mol. The molecule has 0 saturated heterocycles. The molecule has 0 aliphatic carbocycles. The second-order valence-electron chi connectivity index (χ2n) is 7.52. The zero-order chi connectivity index (χ0) is 23.1. The average molecular weight is 484 g/mol. The highest BCUT2D eigenvalue weighted by atomic mass is 35.5. The molecular formula is C25H26ClN3O3S. The Balaban J connectivity index is 1.27. The molecule has 0 amide bonds. The second-order valence-corrected chi connectivity index (χ2v) is 9.77. The second kappa shape index (κ2) is 10.9. The minimum atomic E-state index is -3.66. The normalized spacial score (nSPS) is 11.7. The minimum absolute atomic E-state index is 0.252. The molecule has 1 heterocycles. The summed E-state index contributed by atoms with van der Waals surface area (Å²) in [6.07, 6.45) is 1.57. The molecule has 0 fully saturated rings. The van der Waals surface area contributed by atoms with Gasteiger partial charge >= 0.3 is 0 Å². The van der Waals surface area contributed by atoms with Crippen LogP contribution in [0.1, 0.15) is 5.56 Å². The van der Waals surface area contributed by atoms with Crippen molar-refractivity contribution >= 4 is 32.5 Å². The van der Waals surface area contributed by atoms with Crippen molar-refractivity contribution in [2.75, 3.05) is 26.2 Å². The highest BCUT2D eigenvalue weighted by Gasteiger charge is 2.19. The molecule has 0 atom stereocenters. The van der Waals surface area contributed by atoms with E-state index in [0.717, 1.165) is 30.0 Å². The van der Waals surface area contributed by atoms with Crippen molar-refractivity contribution < 1.29 is 13.2 Å². The van der Waals surface area contributed by atoms with Gasteiger partial charge in [0.05, 0.1) is 10.4 Å². The van der Waals surface area contributed by atoms with Gasteiger partial charge in [-0.15, -0.1) is 0 Å². The van der Waals surface area contributed by atoms with Crippen LogP contribution in [0.2, 0.25) is 5.02 Å². The summed E-state index contributed by atoms with van der Waals surface area (Å²) in [5, 5.41) is 8.23. The fraction of sp³-hybridized carbons (Fsp3) is 0.200. The van der Waals surface area contributed by atoms with Gasteiger partial charge in [0, 0.05) is 42.8 Å². The van der Waals surface area contributed by atoms with E-state index in [2.05, 4.69) is 10.6 Å². The van der Waals surface area contributed by atoms with E-state index in [-0.39, 0.29) is 4.90 Å². The van der Waals surface area contributed by atoms with E-state index in [9.17, 15) is 8.42 Å². The predicted octanol–water partition coefficient (Wildman–Crippen LogP) is 4.29. The monoisotopic (exact) mass is 483 g/mol. The van der Waals surface area contributed by atoms with E-state index in [1.807, 2.05) is 36.4 Å². The summed E-state index contributed by atoms with van der Waals surface area (Å²) in [4.78, 5) is 0.252. The highest BCUT2D eigenvalue weighted by molar-refractivity contribution is 7.90. The molecule has 4 rings (SSSR count). The summed E-state index contributed by atoms with van der Waals surface area (Å²) in [5.41, 5.74) is 1.78. The van der Waals surface area contributed by atoms with Gasteiger partial charge in [-0.05, 0) is 48.0 Å². The first kappa shape index (κ1) is 23.3. The smallest absolute Gasteiger partial charge is 0.268 e. The number of benzene rings is 3. The number of aromatic nitrogens is 1. The minimum Gasteiger partial charge on any atom is -0.492 e. The molecule has 0 bridgehead atoms. The number of nitrogens with zero attached hydrogens (tertiary/aromatic N) is 1. The zero-order valence-corrected chi connectivity index (χ0v) is 19.6. The Kier molecular flexibility index (Phi) is 7.67. The first-order valence-electron chi connectivity index (χ1n) is 10.7. The molecule has 0 spiro atoms. The molecule has 2 N–H and O–H groups in total. The fourth-order valence-electron chi connectivity index (χ4n) is 3.53. The van der Waals surface area contributed by atoms with Crippen LogP contribution in [-0.2, 0) is 16.6 Å². The van der Waals surface area contributed by atoms with E-state index < -0.39 is 10.0 Å². The van der Waals surface area contributed by atoms with Gasteiger partial charge in [0.15, 0.2) is 0 Å². The molecule has 0 unspecified atom stereocenters. The van der Waals surface area contributed by atoms with Gasteiger partial charge in [-0.1, -0.05) is 48.0 Å². The van der Waals surface area contributed by atoms with Crippen LogP contribution in [0.25, 0.3) is 10.9 Å². The van der Waals surface area contributed by atoms with E-state index in [1.165, 1.54) is 9.54 Å². The van der Waals surface area contributed by atoms with Gasteiger partial charge in [0.25, 0.3) is 10.0 Å². The zero-order valence-electron chi connectivity index (χ0n) is 18.1. The lowest BCUT2D eigenvalue weighted by Crippen LogP contribution is -2.29. The van der Waals surface area contributed by atoms with Gasteiger partial charge in [0.2, 0.25) is 0 Å². The van der Waals surface area contributed by atoms with Crippen molar-refractivity contribution in [3.63, 3.8) is 0 Å². The van der Waals surface area contributed by atoms with Crippen LogP contribution in [-0.4, -0.2) is 38.6 Å². The van der Waals surface area contributed by atoms with Crippen LogP contribution in [0, 0.1) is 0 Å². The van der Waals surface area contributed by atoms with Gasteiger partial charge in [0.1, 0.15) is 12.4 Å². The average Bonchev–Trinajstić information content (AvgIpc) is 3.28. The summed E-state index contributed by atoms with van der Waals surface area (Å²) in [6.45, 7) is 3.60. The van der Waals surface area contributed by atoms with Crippen molar-refractivity contribution in [2.24, 2.45) is 0 Å². The number of hydrogen-bond acceptors (Lipinski definition) is 5. The number of ether oxygens (including phenoxy) is 1. The Morgan fingerprint density at radius 1 is 0.818 bits per heavy atom. The van der Waals surface area contributed by atoms with Crippen LogP contribution < -0.4 is 15.4 Å². The third-order valence-electron chi connectivity index (χ3n) is 5.21. The largest absolute Gasteiger partial charge is 0.492 e. The van der Waals surface area contributed by atoms with Gasteiger partial charge in [-0.25, -0.2) is 12.4 Å². The Hall–Kier alpha value is -2.84. The van der Waals surface area contributed by atoms with Crippen LogP contribution in [0.4, 0.5) is 0 Å². The molecular weight excluding hydrogens is 458 g/mol. The molecule has 0 aliphatic heterocycles. The first-order valence-corrected chi connectivity index (χ1v) is 12.6. The van der Waals surface area contributed by atoms with Crippen molar-refractivity contribution in [3.05, 3.63) is 95.6 Å². The SMILES string of the molecule is O=S(=O)(c1ccccc1)n1ccc2c(OCCNCCNCc3ccc(Cl)cc3)cccc21. The molecule has 1 aromatic heterocycles. The number of halogens is 1. The van der Waals surface area contributed by atoms with Gasteiger partial charge < -0.3 is 15.4 Å². The number of nitrogens with one attached hydrogen (secondary N) is 2. The van der Waals surface area contributed by atoms with Crippen LogP contribution >= 0.6 is 11.6 Å². The quantitative estimate of drug-likeness (QED) is 0.311. The highest BCUT2D eigenvalue weighted by Crippen LogP contribution is 2.29. The Morgan fingerprint density at radius 2 is 1.58 bits per heavy atom. The van der Waals surface area contributed by atoms with Crippen LogP contribution in [0.3, 0.4) is 0 Å². The third-order valence-corrected chi connectivity index (χ3v) is 7.17. The maximum atomic E-state index is 13.0. The van der Waals surface area contributed by atoms with E-state index >= 15 is 0 Å². The number of hydrogen-bond donors (Lipinski definition) is 2. The van der Waals surface area contributed by atoms with Crippen molar-refractivity contribution in [2.45, 2.75) is 11.4 Å². The lowest BCUT2D eigenvalue weighted by Gasteiger charge is -2.11. The summed E-state index contributed by atoms with van der Waals surface area (Å²) < 4.78 is 33.3. The molecule has 33 heavy (non-hydrogen) atoms. The Bertz CT molecular complexity index is 1290. The van der Waals surface area contributed by atoms with Crippen molar-refractivity contribution in [1.29, 1.82) is 0 Å². The molecule has 8 heteroatoms. The molecule has 4 aromatic rings. The maximum absolute atomic E-state index is 13.0. The summed E-state index contributed by atoms with van der Waals surface area (Å²) >= 11 is 5.90. The van der Waals surface area contributed by atoms with Gasteiger partial charge in [-0.2, -0.15) is 0 Å². The van der Waals surface area contributed by atoms with E-state index in [1.54, 1.807) is 48.7 Å². The molecule has 6 nitrogen and oxygen atoms in total. The topological polar surface area (TPSA) is 72.4 Å².